The molecule has 1 N–H and O–H groups in total. The van der Waals surface area contributed by atoms with E-state index in [1.807, 2.05) is 0 Å². The van der Waals surface area contributed by atoms with Crippen molar-refractivity contribution in [3.05, 3.63) is 18.1 Å². The monoisotopic (exact) mass is 312 g/mol. The number of rotatable bonds is 5. The van der Waals surface area contributed by atoms with Crippen LogP contribution < -0.4 is 5.32 Å². The second kappa shape index (κ2) is 5.86. The second-order valence-corrected chi connectivity index (χ2v) is 7.52. The SMILES string of the molecule is CS(=O)(=O)N1CCOCC1c1nccc(NCC2CC2)n1. The Kier molecular flexibility index (Phi) is 4.10. The normalized spacial score (nSPS) is 24.0. The lowest BCUT2D eigenvalue weighted by atomic mass is 10.2. The van der Waals surface area contributed by atoms with Crippen LogP contribution in [0.5, 0.6) is 0 Å². The van der Waals surface area contributed by atoms with Crippen molar-refractivity contribution >= 4 is 15.8 Å². The number of sulfonamides is 1. The molecule has 1 aliphatic heterocycles. The van der Waals surface area contributed by atoms with Gasteiger partial charge in [0.2, 0.25) is 10.0 Å². The van der Waals surface area contributed by atoms with Crippen LogP contribution >= 0.6 is 0 Å². The molecule has 0 bridgehead atoms. The van der Waals surface area contributed by atoms with Crippen LogP contribution in [0, 0.1) is 5.92 Å². The summed E-state index contributed by atoms with van der Waals surface area (Å²) >= 11 is 0. The van der Waals surface area contributed by atoms with Gasteiger partial charge in [-0.05, 0) is 24.8 Å². The van der Waals surface area contributed by atoms with Gasteiger partial charge in [-0.25, -0.2) is 18.4 Å². The first-order valence-electron chi connectivity index (χ1n) is 7.15. The number of aromatic nitrogens is 2. The number of morpholine rings is 1. The fraction of sp³-hybridized carbons (Fsp3) is 0.692. The molecule has 2 aliphatic rings. The Balaban J connectivity index is 1.78. The van der Waals surface area contributed by atoms with Crippen molar-refractivity contribution in [3.63, 3.8) is 0 Å². The van der Waals surface area contributed by atoms with Crippen LogP contribution in [0.1, 0.15) is 24.7 Å². The molecule has 0 radical (unpaired) electrons. The van der Waals surface area contributed by atoms with Gasteiger partial charge in [-0.2, -0.15) is 4.31 Å². The van der Waals surface area contributed by atoms with E-state index in [1.165, 1.54) is 23.4 Å². The van der Waals surface area contributed by atoms with Crippen molar-refractivity contribution < 1.29 is 13.2 Å². The fourth-order valence-corrected chi connectivity index (χ4v) is 3.42. The Hall–Kier alpha value is -1.25. The highest BCUT2D eigenvalue weighted by Gasteiger charge is 2.33. The molecular formula is C13H20N4O3S. The van der Waals surface area contributed by atoms with Crippen LogP contribution in [-0.4, -0.2) is 55.3 Å². The number of nitrogens with zero attached hydrogens (tertiary/aromatic N) is 3. The number of hydrogen-bond acceptors (Lipinski definition) is 6. The lowest BCUT2D eigenvalue weighted by Gasteiger charge is -2.32. The van der Waals surface area contributed by atoms with Gasteiger partial charge >= 0.3 is 0 Å². The zero-order valence-electron chi connectivity index (χ0n) is 12.0. The van der Waals surface area contributed by atoms with E-state index in [2.05, 4.69) is 15.3 Å². The molecule has 1 aromatic rings. The van der Waals surface area contributed by atoms with Gasteiger partial charge in [0.1, 0.15) is 11.9 Å². The Morgan fingerprint density at radius 1 is 1.48 bits per heavy atom. The van der Waals surface area contributed by atoms with Crippen LogP contribution in [0.15, 0.2) is 12.3 Å². The van der Waals surface area contributed by atoms with E-state index in [9.17, 15) is 8.42 Å². The van der Waals surface area contributed by atoms with Gasteiger partial charge in [-0.1, -0.05) is 0 Å². The molecule has 1 saturated heterocycles. The standard InChI is InChI=1S/C13H20N4O3S/c1-21(18,19)17-6-7-20-9-11(17)13-14-5-4-12(16-13)15-8-10-2-3-10/h4-5,10-11H,2-3,6-9H2,1H3,(H,14,15,16). The summed E-state index contributed by atoms with van der Waals surface area (Å²) in [6.07, 6.45) is 5.40. The highest BCUT2D eigenvalue weighted by Crippen LogP contribution is 2.29. The number of anilines is 1. The minimum atomic E-state index is -3.30. The van der Waals surface area contributed by atoms with E-state index in [-0.39, 0.29) is 0 Å². The molecule has 3 rings (SSSR count). The predicted octanol–water partition coefficient (Wildman–Crippen LogP) is 0.631. The topological polar surface area (TPSA) is 84.4 Å². The number of nitrogens with one attached hydrogen (secondary N) is 1. The summed E-state index contributed by atoms with van der Waals surface area (Å²) in [5.74, 6) is 1.97. The molecule has 1 aliphatic carbocycles. The quantitative estimate of drug-likeness (QED) is 0.858. The number of ether oxygens (including phenoxy) is 1. The minimum Gasteiger partial charge on any atom is -0.378 e. The maximum Gasteiger partial charge on any atom is 0.212 e. The summed E-state index contributed by atoms with van der Waals surface area (Å²) in [7, 11) is -3.30. The van der Waals surface area contributed by atoms with Crippen LogP contribution in [-0.2, 0) is 14.8 Å². The van der Waals surface area contributed by atoms with Crippen molar-refractivity contribution in [2.75, 3.05) is 37.9 Å². The third-order valence-electron chi connectivity index (χ3n) is 3.75. The smallest absolute Gasteiger partial charge is 0.212 e. The van der Waals surface area contributed by atoms with E-state index in [0.29, 0.717) is 25.6 Å². The Bertz CT molecular complexity index is 603. The molecule has 0 aromatic carbocycles. The van der Waals surface area contributed by atoms with Crippen molar-refractivity contribution in [1.82, 2.24) is 14.3 Å². The van der Waals surface area contributed by atoms with Gasteiger partial charge in [-0.3, -0.25) is 0 Å². The average Bonchev–Trinajstić information content (AvgIpc) is 3.29. The Morgan fingerprint density at radius 3 is 3.00 bits per heavy atom. The van der Waals surface area contributed by atoms with E-state index in [4.69, 9.17) is 4.74 Å². The van der Waals surface area contributed by atoms with Crippen molar-refractivity contribution in [1.29, 1.82) is 0 Å². The van der Waals surface area contributed by atoms with Crippen LogP contribution in [0.3, 0.4) is 0 Å². The van der Waals surface area contributed by atoms with E-state index in [0.717, 1.165) is 18.3 Å². The maximum absolute atomic E-state index is 11.9. The molecule has 8 heteroatoms. The average molecular weight is 312 g/mol. The summed E-state index contributed by atoms with van der Waals surface area (Å²) in [5.41, 5.74) is 0. The summed E-state index contributed by atoms with van der Waals surface area (Å²) in [5, 5.41) is 3.28. The highest BCUT2D eigenvalue weighted by molar-refractivity contribution is 7.88. The first-order valence-corrected chi connectivity index (χ1v) is 9.00. The summed E-state index contributed by atoms with van der Waals surface area (Å²) in [6.45, 7) is 1.95. The van der Waals surface area contributed by atoms with Crippen molar-refractivity contribution in [3.8, 4) is 0 Å². The molecule has 116 valence electrons. The van der Waals surface area contributed by atoms with Crippen LogP contribution in [0.2, 0.25) is 0 Å². The third kappa shape index (κ3) is 3.69. The lowest BCUT2D eigenvalue weighted by Crippen LogP contribution is -2.43. The molecule has 1 saturated carbocycles. The lowest BCUT2D eigenvalue weighted by molar-refractivity contribution is 0.0293. The summed E-state index contributed by atoms with van der Waals surface area (Å²) in [6, 6.07) is 1.36. The molecule has 21 heavy (non-hydrogen) atoms. The second-order valence-electron chi connectivity index (χ2n) is 5.59. The first-order chi connectivity index (χ1) is 10.0. The van der Waals surface area contributed by atoms with Gasteiger partial charge < -0.3 is 10.1 Å². The zero-order valence-corrected chi connectivity index (χ0v) is 12.8. The van der Waals surface area contributed by atoms with E-state index in [1.54, 1.807) is 12.3 Å². The summed E-state index contributed by atoms with van der Waals surface area (Å²) in [4.78, 5) is 8.68. The molecule has 1 unspecified atom stereocenters. The molecule has 2 fully saturated rings. The fourth-order valence-electron chi connectivity index (χ4n) is 2.39. The van der Waals surface area contributed by atoms with Crippen LogP contribution in [0.25, 0.3) is 0 Å². The van der Waals surface area contributed by atoms with Crippen molar-refractivity contribution in [2.24, 2.45) is 5.92 Å². The highest BCUT2D eigenvalue weighted by atomic mass is 32.2. The van der Waals surface area contributed by atoms with Crippen molar-refractivity contribution in [2.45, 2.75) is 18.9 Å². The molecule has 1 aromatic heterocycles. The Labute approximate surface area is 124 Å². The largest absolute Gasteiger partial charge is 0.378 e. The maximum atomic E-state index is 11.9. The molecular weight excluding hydrogens is 292 g/mol. The molecule has 0 spiro atoms. The van der Waals surface area contributed by atoms with Gasteiger partial charge in [0.25, 0.3) is 0 Å². The minimum absolute atomic E-state index is 0.291. The molecule has 7 nitrogen and oxygen atoms in total. The molecule has 1 atom stereocenters. The Morgan fingerprint density at radius 2 is 2.29 bits per heavy atom. The first kappa shape index (κ1) is 14.7. The predicted molar refractivity (Wildman–Crippen MR) is 78.4 cm³/mol. The van der Waals surface area contributed by atoms with Crippen LogP contribution in [0.4, 0.5) is 5.82 Å². The third-order valence-corrected chi connectivity index (χ3v) is 5.04. The van der Waals surface area contributed by atoms with Gasteiger partial charge in [0.15, 0.2) is 5.82 Å². The van der Waals surface area contributed by atoms with Gasteiger partial charge in [0.05, 0.1) is 19.5 Å². The molecule has 0 amide bonds. The van der Waals surface area contributed by atoms with E-state index >= 15 is 0 Å². The van der Waals surface area contributed by atoms with Gasteiger partial charge in [-0.15, -0.1) is 0 Å². The zero-order chi connectivity index (χ0) is 14.9. The van der Waals surface area contributed by atoms with Gasteiger partial charge in [0, 0.05) is 19.3 Å². The summed E-state index contributed by atoms with van der Waals surface area (Å²) < 4.78 is 30.6. The van der Waals surface area contributed by atoms with E-state index < -0.39 is 16.1 Å². The number of hydrogen-bond donors (Lipinski definition) is 1. The molecule has 2 heterocycles.